The first kappa shape index (κ1) is 21.0. The number of hydrogen-bond acceptors (Lipinski definition) is 4. The lowest BCUT2D eigenvalue weighted by molar-refractivity contribution is -0.133. The summed E-state index contributed by atoms with van der Waals surface area (Å²) >= 11 is 0. The summed E-state index contributed by atoms with van der Waals surface area (Å²) in [4.78, 5) is 27.4. The van der Waals surface area contributed by atoms with Crippen LogP contribution in [-0.4, -0.2) is 62.9 Å². The highest BCUT2D eigenvalue weighted by Gasteiger charge is 2.62. The van der Waals surface area contributed by atoms with Crippen LogP contribution in [0.5, 0.6) is 0 Å². The smallest absolute Gasteiger partial charge is 0.240 e. The van der Waals surface area contributed by atoms with E-state index in [1.54, 1.807) is 7.05 Å². The summed E-state index contributed by atoms with van der Waals surface area (Å²) in [5.74, 6) is -0.00627. The highest BCUT2D eigenvalue weighted by atomic mass is 28.4. The molecule has 2 heterocycles. The van der Waals surface area contributed by atoms with Gasteiger partial charge in [-0.25, -0.2) is 0 Å². The normalized spacial score (nSPS) is 27.4. The Bertz CT molecular complexity index is 732. The summed E-state index contributed by atoms with van der Waals surface area (Å²) in [5.41, 5.74) is 1.08. The number of benzene rings is 1. The zero-order valence-corrected chi connectivity index (χ0v) is 18.8. The summed E-state index contributed by atoms with van der Waals surface area (Å²) in [6.45, 7) is 11.5. The molecule has 28 heavy (non-hydrogen) atoms. The molecule has 1 aromatic rings. The molecule has 2 N–H and O–H groups in total. The van der Waals surface area contributed by atoms with Crippen LogP contribution < -0.4 is 10.6 Å². The highest BCUT2D eigenvalue weighted by Crippen LogP contribution is 2.40. The lowest BCUT2D eigenvalue weighted by atomic mass is 10.0. The molecular weight excluding hydrogens is 370 g/mol. The standard InChI is InChI=1S/C21H33N3O3Si/c1-21(2,3)28(5,6)27-13-16-18-17(19(25)22-4)23-15(20(26)24(16)18)12-14-10-8-7-9-11-14/h7-11,15-18,23H,12-13H2,1-6H3,(H,22,25)/t15-,16+,17+,18-,24?/m0/s1. The molecule has 2 fully saturated rings. The van der Waals surface area contributed by atoms with Crippen molar-refractivity contribution in [3.8, 4) is 0 Å². The first-order valence-corrected chi connectivity index (χ1v) is 13.0. The van der Waals surface area contributed by atoms with Gasteiger partial charge in [-0.2, -0.15) is 0 Å². The van der Waals surface area contributed by atoms with E-state index in [0.29, 0.717) is 13.0 Å². The number of rotatable bonds is 6. The Morgan fingerprint density at radius 2 is 1.89 bits per heavy atom. The third-order valence-corrected chi connectivity index (χ3v) is 11.0. The Hall–Kier alpha value is -1.70. The van der Waals surface area contributed by atoms with Crippen molar-refractivity contribution in [3.05, 3.63) is 35.9 Å². The molecule has 4 atom stereocenters. The van der Waals surface area contributed by atoms with Crippen LogP contribution >= 0.6 is 0 Å². The molecule has 2 aliphatic rings. The van der Waals surface area contributed by atoms with Crippen molar-refractivity contribution in [2.75, 3.05) is 13.7 Å². The molecule has 0 aromatic heterocycles. The minimum Gasteiger partial charge on any atom is -0.415 e. The number of amides is 2. The maximum Gasteiger partial charge on any atom is 0.240 e. The van der Waals surface area contributed by atoms with E-state index >= 15 is 0 Å². The molecule has 0 saturated carbocycles. The predicted molar refractivity (Wildman–Crippen MR) is 112 cm³/mol. The Morgan fingerprint density at radius 1 is 1.25 bits per heavy atom. The second-order valence-electron chi connectivity index (χ2n) is 9.38. The summed E-state index contributed by atoms with van der Waals surface area (Å²) in [5, 5.41) is 6.15. The lowest BCUT2D eigenvalue weighted by Gasteiger charge is -2.36. The molecule has 1 aromatic carbocycles. The van der Waals surface area contributed by atoms with E-state index in [2.05, 4.69) is 44.5 Å². The second kappa shape index (κ2) is 7.61. The topological polar surface area (TPSA) is 70.4 Å². The van der Waals surface area contributed by atoms with Gasteiger partial charge in [0.25, 0.3) is 0 Å². The van der Waals surface area contributed by atoms with Crippen molar-refractivity contribution in [2.45, 2.75) is 69.5 Å². The van der Waals surface area contributed by atoms with Gasteiger partial charge >= 0.3 is 0 Å². The quantitative estimate of drug-likeness (QED) is 0.562. The maximum absolute atomic E-state index is 13.0. The number of carbonyl (C=O) groups is 2. The molecule has 0 spiro atoms. The van der Waals surface area contributed by atoms with Gasteiger partial charge in [0.05, 0.1) is 24.7 Å². The summed E-state index contributed by atoms with van der Waals surface area (Å²) < 4.78 is 6.36. The molecular formula is C21H33N3O3Si. The van der Waals surface area contributed by atoms with E-state index in [4.69, 9.17) is 4.43 Å². The van der Waals surface area contributed by atoms with Crippen molar-refractivity contribution in [1.29, 1.82) is 0 Å². The van der Waals surface area contributed by atoms with Gasteiger partial charge in [-0.15, -0.1) is 0 Å². The van der Waals surface area contributed by atoms with E-state index in [1.807, 2.05) is 35.2 Å². The van der Waals surface area contributed by atoms with Crippen LogP contribution in [0.25, 0.3) is 0 Å². The fourth-order valence-electron chi connectivity index (χ4n) is 3.63. The summed E-state index contributed by atoms with van der Waals surface area (Å²) in [6, 6.07) is 8.97. The van der Waals surface area contributed by atoms with Gasteiger partial charge in [-0.05, 0) is 30.1 Å². The zero-order valence-electron chi connectivity index (χ0n) is 17.8. The number of carbonyl (C=O) groups excluding carboxylic acids is 2. The van der Waals surface area contributed by atoms with Crippen molar-refractivity contribution < 1.29 is 14.0 Å². The van der Waals surface area contributed by atoms with Crippen molar-refractivity contribution in [3.63, 3.8) is 0 Å². The van der Waals surface area contributed by atoms with Crippen molar-refractivity contribution >= 4 is 20.1 Å². The third-order valence-electron chi connectivity index (χ3n) is 6.49. The molecule has 6 nitrogen and oxygen atoms in total. The van der Waals surface area contributed by atoms with E-state index < -0.39 is 14.4 Å². The van der Waals surface area contributed by atoms with E-state index in [-0.39, 0.29) is 35.0 Å². The van der Waals surface area contributed by atoms with Gasteiger partial charge in [0.1, 0.15) is 6.04 Å². The first-order chi connectivity index (χ1) is 13.1. The molecule has 2 aliphatic heterocycles. The molecule has 2 amide bonds. The van der Waals surface area contributed by atoms with Crippen LogP contribution in [-0.2, 0) is 20.4 Å². The summed E-state index contributed by atoms with van der Waals surface area (Å²) in [7, 11) is -0.269. The number of nitrogens with zero attached hydrogens (tertiary/aromatic N) is 1. The van der Waals surface area contributed by atoms with Crippen molar-refractivity contribution in [1.82, 2.24) is 15.5 Å². The molecule has 0 aliphatic carbocycles. The van der Waals surface area contributed by atoms with Gasteiger partial charge in [0, 0.05) is 7.05 Å². The Labute approximate surface area is 169 Å². The number of piperazine rings is 1. The number of likely N-dealkylation sites (N-methyl/N-ethyl adjacent to an activating group) is 1. The Kier molecular flexibility index (Phi) is 5.71. The number of fused-ring (bicyclic) bond motifs is 1. The van der Waals surface area contributed by atoms with Crippen LogP contribution in [0.3, 0.4) is 0 Å². The Morgan fingerprint density at radius 3 is 2.46 bits per heavy atom. The zero-order chi connectivity index (χ0) is 20.7. The fourth-order valence-corrected chi connectivity index (χ4v) is 4.65. The van der Waals surface area contributed by atoms with Gasteiger partial charge in [-0.1, -0.05) is 51.1 Å². The molecule has 0 unspecified atom stereocenters. The fraction of sp³-hybridized carbons (Fsp3) is 0.619. The van der Waals surface area contributed by atoms with Crippen LogP contribution in [0.15, 0.2) is 30.3 Å². The third kappa shape index (κ3) is 4.02. The van der Waals surface area contributed by atoms with Crippen LogP contribution in [0.2, 0.25) is 18.1 Å². The molecule has 7 heteroatoms. The second-order valence-corrected chi connectivity index (χ2v) is 14.2. The first-order valence-electron chi connectivity index (χ1n) is 10.0. The van der Waals surface area contributed by atoms with Gasteiger partial charge in [0.2, 0.25) is 11.8 Å². The molecule has 3 rings (SSSR count). The SMILES string of the molecule is CNC(=O)[C@@H]1N[C@@H](Cc2ccccc2)C(=O)N2[C@H]1[C@H]2CO[Si](C)(C)C(C)(C)C. The molecule has 154 valence electrons. The van der Waals surface area contributed by atoms with Gasteiger partial charge in [0.15, 0.2) is 8.32 Å². The molecule has 2 saturated heterocycles. The maximum atomic E-state index is 13.0. The largest absolute Gasteiger partial charge is 0.415 e. The van der Waals surface area contributed by atoms with E-state index in [1.165, 1.54) is 0 Å². The highest BCUT2D eigenvalue weighted by molar-refractivity contribution is 6.74. The number of nitrogens with one attached hydrogen (secondary N) is 2. The van der Waals surface area contributed by atoms with Crippen LogP contribution in [0.4, 0.5) is 0 Å². The van der Waals surface area contributed by atoms with Crippen LogP contribution in [0.1, 0.15) is 26.3 Å². The predicted octanol–water partition coefficient (Wildman–Crippen LogP) is 1.92. The van der Waals surface area contributed by atoms with Crippen molar-refractivity contribution in [2.24, 2.45) is 0 Å². The summed E-state index contributed by atoms with van der Waals surface area (Å²) in [6.07, 6.45) is 0.576. The monoisotopic (exact) mass is 403 g/mol. The minimum absolute atomic E-state index is 0.0304. The minimum atomic E-state index is -1.91. The average Bonchev–Trinajstić information content (AvgIpc) is 3.36. The van der Waals surface area contributed by atoms with E-state index in [0.717, 1.165) is 5.56 Å². The average molecular weight is 404 g/mol. The number of hydrogen-bond donors (Lipinski definition) is 2. The van der Waals surface area contributed by atoms with E-state index in [9.17, 15) is 9.59 Å². The van der Waals surface area contributed by atoms with Gasteiger partial charge in [-0.3, -0.25) is 14.9 Å². The lowest BCUT2D eigenvalue weighted by Crippen LogP contribution is -2.59. The van der Waals surface area contributed by atoms with Gasteiger partial charge < -0.3 is 14.6 Å². The molecule has 0 radical (unpaired) electrons. The van der Waals surface area contributed by atoms with Crippen LogP contribution in [0, 0.1) is 0 Å². The molecule has 0 bridgehead atoms. The Balaban J connectivity index is 1.73.